The molecule has 1 unspecified atom stereocenters. The van der Waals surface area contributed by atoms with E-state index in [0.29, 0.717) is 19.3 Å². The first-order chi connectivity index (χ1) is 41.0. The van der Waals surface area contributed by atoms with Gasteiger partial charge in [0.1, 0.15) is 13.2 Å². The van der Waals surface area contributed by atoms with Gasteiger partial charge in [0, 0.05) is 19.3 Å². The number of carbonyl (C=O) groups is 3. The summed E-state index contributed by atoms with van der Waals surface area (Å²) < 4.78 is 17.0. The standard InChI is InChI=1S/C77H136O6/c1-4-7-10-13-16-19-22-25-27-29-31-33-35-36-37-38-39-40-42-43-45-47-49-52-55-58-61-64-67-70-76(79)82-73-74(72-81-75(78)69-66-63-60-57-54-51-24-21-18-15-12-9-6-3)83-77(80)71-68-65-62-59-56-53-50-48-46-44-41-34-32-30-28-26-23-20-17-14-11-8-5-2/h7,10,12,15-16,19,21,24-25,27,30-33,74H,4-6,8-9,11,13-14,17-18,20,22-23,26,28-29,34-73H2,1-3H3/b10-7-,15-12-,19-16-,24-21-,27-25-,32-30-,33-31-. The first kappa shape index (κ1) is 79.6. The molecule has 0 aromatic carbocycles. The van der Waals surface area contributed by atoms with Crippen molar-refractivity contribution in [1.82, 2.24) is 0 Å². The summed E-state index contributed by atoms with van der Waals surface area (Å²) in [7, 11) is 0. The Morgan fingerprint density at radius 2 is 0.494 bits per heavy atom. The molecule has 1 atom stereocenters. The number of allylic oxidation sites excluding steroid dienone is 14. The van der Waals surface area contributed by atoms with Gasteiger partial charge < -0.3 is 14.2 Å². The van der Waals surface area contributed by atoms with Crippen molar-refractivity contribution in [2.24, 2.45) is 0 Å². The zero-order valence-electron chi connectivity index (χ0n) is 55.2. The monoisotopic (exact) mass is 1160 g/mol. The molecule has 480 valence electrons. The van der Waals surface area contributed by atoms with Gasteiger partial charge in [0.15, 0.2) is 6.10 Å². The molecule has 0 aromatic rings. The van der Waals surface area contributed by atoms with Crippen molar-refractivity contribution < 1.29 is 28.6 Å². The molecule has 6 nitrogen and oxygen atoms in total. The lowest BCUT2D eigenvalue weighted by molar-refractivity contribution is -0.167. The largest absolute Gasteiger partial charge is 0.462 e. The van der Waals surface area contributed by atoms with Crippen LogP contribution in [-0.4, -0.2) is 37.2 Å². The first-order valence-corrected chi connectivity index (χ1v) is 36.1. The summed E-state index contributed by atoms with van der Waals surface area (Å²) >= 11 is 0. The summed E-state index contributed by atoms with van der Waals surface area (Å²) in [6, 6.07) is 0. The van der Waals surface area contributed by atoms with E-state index in [1.54, 1.807) is 0 Å². The van der Waals surface area contributed by atoms with Gasteiger partial charge in [-0.15, -0.1) is 0 Å². The Hall–Kier alpha value is -3.41. The van der Waals surface area contributed by atoms with E-state index in [1.807, 2.05) is 0 Å². The van der Waals surface area contributed by atoms with E-state index in [0.717, 1.165) is 109 Å². The molecule has 83 heavy (non-hydrogen) atoms. The van der Waals surface area contributed by atoms with E-state index >= 15 is 0 Å². The van der Waals surface area contributed by atoms with Crippen LogP contribution in [0, 0.1) is 0 Å². The predicted octanol–water partition coefficient (Wildman–Crippen LogP) is 25.0. The number of esters is 3. The number of ether oxygens (including phenoxy) is 3. The van der Waals surface area contributed by atoms with Gasteiger partial charge >= 0.3 is 17.9 Å². The molecular weight excluding hydrogens is 1020 g/mol. The van der Waals surface area contributed by atoms with Crippen LogP contribution in [0.5, 0.6) is 0 Å². The zero-order valence-corrected chi connectivity index (χ0v) is 55.2. The molecule has 0 radical (unpaired) electrons. The summed E-state index contributed by atoms with van der Waals surface area (Å²) in [6.07, 6.45) is 94.8. The molecule has 0 rings (SSSR count). The van der Waals surface area contributed by atoms with E-state index in [9.17, 15) is 14.4 Å². The lowest BCUT2D eigenvalue weighted by atomic mass is 10.0. The normalized spacial score (nSPS) is 12.6. The molecule has 0 fully saturated rings. The molecule has 0 aliphatic carbocycles. The van der Waals surface area contributed by atoms with Gasteiger partial charge in [0.05, 0.1) is 0 Å². The summed E-state index contributed by atoms with van der Waals surface area (Å²) in [5.74, 6) is -0.874. The van der Waals surface area contributed by atoms with E-state index < -0.39 is 6.10 Å². The molecular formula is C77H136O6. The molecule has 0 saturated carbocycles. The van der Waals surface area contributed by atoms with Gasteiger partial charge in [-0.2, -0.15) is 0 Å². The third-order valence-corrected chi connectivity index (χ3v) is 15.8. The maximum atomic E-state index is 13.0. The van der Waals surface area contributed by atoms with Gasteiger partial charge in [-0.05, 0) is 109 Å². The molecule has 0 aromatic heterocycles. The molecule has 0 heterocycles. The van der Waals surface area contributed by atoms with Gasteiger partial charge in [0.2, 0.25) is 0 Å². The van der Waals surface area contributed by atoms with Gasteiger partial charge in [-0.3, -0.25) is 14.4 Å². The average Bonchev–Trinajstić information content (AvgIpc) is 3.49. The highest BCUT2D eigenvalue weighted by atomic mass is 16.6. The number of carbonyl (C=O) groups excluding carboxylic acids is 3. The number of hydrogen-bond donors (Lipinski definition) is 0. The lowest BCUT2D eigenvalue weighted by Crippen LogP contribution is -2.30. The van der Waals surface area contributed by atoms with Crippen molar-refractivity contribution in [3.8, 4) is 0 Å². The Balaban J connectivity index is 4.23. The molecule has 0 N–H and O–H groups in total. The second-order valence-corrected chi connectivity index (χ2v) is 24.1. The Bertz CT molecular complexity index is 1570. The third-order valence-electron chi connectivity index (χ3n) is 15.8. The first-order valence-electron chi connectivity index (χ1n) is 36.1. The minimum atomic E-state index is -0.783. The van der Waals surface area contributed by atoms with Crippen LogP contribution in [0.1, 0.15) is 367 Å². The topological polar surface area (TPSA) is 78.9 Å². The Morgan fingerprint density at radius 3 is 0.795 bits per heavy atom. The van der Waals surface area contributed by atoms with Gasteiger partial charge in [-0.1, -0.05) is 324 Å². The molecule has 0 aliphatic heterocycles. The van der Waals surface area contributed by atoms with Gasteiger partial charge in [-0.25, -0.2) is 0 Å². The average molecular weight is 1160 g/mol. The minimum absolute atomic E-state index is 0.0778. The smallest absolute Gasteiger partial charge is 0.306 e. The molecule has 0 amide bonds. The van der Waals surface area contributed by atoms with Crippen LogP contribution in [0.4, 0.5) is 0 Å². The van der Waals surface area contributed by atoms with Crippen molar-refractivity contribution in [2.75, 3.05) is 13.2 Å². The predicted molar refractivity (Wildman–Crippen MR) is 362 cm³/mol. The van der Waals surface area contributed by atoms with Crippen molar-refractivity contribution in [2.45, 2.75) is 374 Å². The molecule has 0 saturated heterocycles. The summed E-state index contributed by atoms with van der Waals surface area (Å²) in [4.78, 5) is 38.4. The van der Waals surface area contributed by atoms with E-state index in [4.69, 9.17) is 14.2 Å². The molecule has 0 spiro atoms. The van der Waals surface area contributed by atoms with Crippen LogP contribution in [-0.2, 0) is 28.6 Å². The quantitative estimate of drug-likeness (QED) is 0.0261. The Morgan fingerprint density at radius 1 is 0.253 bits per heavy atom. The number of hydrogen-bond acceptors (Lipinski definition) is 6. The highest BCUT2D eigenvalue weighted by molar-refractivity contribution is 5.71. The highest BCUT2D eigenvalue weighted by Gasteiger charge is 2.19. The van der Waals surface area contributed by atoms with Crippen LogP contribution in [0.15, 0.2) is 85.1 Å². The second-order valence-electron chi connectivity index (χ2n) is 24.1. The second kappa shape index (κ2) is 71.1. The van der Waals surface area contributed by atoms with Gasteiger partial charge in [0.25, 0.3) is 0 Å². The van der Waals surface area contributed by atoms with Crippen molar-refractivity contribution >= 4 is 17.9 Å². The summed E-state index contributed by atoms with van der Waals surface area (Å²) in [6.45, 7) is 6.50. The number of rotatable bonds is 66. The minimum Gasteiger partial charge on any atom is -0.462 e. The Labute approximate surface area is 515 Å². The fraction of sp³-hybridized carbons (Fsp3) is 0.779. The molecule has 0 bridgehead atoms. The fourth-order valence-electron chi connectivity index (χ4n) is 10.5. The summed E-state index contributed by atoms with van der Waals surface area (Å²) in [5.41, 5.74) is 0. The van der Waals surface area contributed by atoms with Crippen LogP contribution in [0.3, 0.4) is 0 Å². The Kier molecular flexibility index (Phi) is 68.2. The van der Waals surface area contributed by atoms with Crippen LogP contribution >= 0.6 is 0 Å². The highest BCUT2D eigenvalue weighted by Crippen LogP contribution is 2.18. The van der Waals surface area contributed by atoms with Crippen LogP contribution in [0.2, 0.25) is 0 Å². The van der Waals surface area contributed by atoms with E-state index in [2.05, 4.69) is 106 Å². The maximum Gasteiger partial charge on any atom is 0.306 e. The molecule has 6 heteroatoms. The van der Waals surface area contributed by atoms with E-state index in [-0.39, 0.29) is 31.1 Å². The van der Waals surface area contributed by atoms with Crippen molar-refractivity contribution in [3.05, 3.63) is 85.1 Å². The zero-order chi connectivity index (χ0) is 59.9. The van der Waals surface area contributed by atoms with Crippen molar-refractivity contribution in [1.29, 1.82) is 0 Å². The fourth-order valence-corrected chi connectivity index (χ4v) is 10.5. The van der Waals surface area contributed by atoms with Crippen LogP contribution < -0.4 is 0 Å². The maximum absolute atomic E-state index is 13.0. The molecule has 0 aliphatic rings. The van der Waals surface area contributed by atoms with Crippen LogP contribution in [0.25, 0.3) is 0 Å². The third kappa shape index (κ3) is 69.3. The van der Waals surface area contributed by atoms with E-state index in [1.165, 1.54) is 218 Å². The SMILES string of the molecule is CC/C=C\C/C=C\C/C=C\C/C=C\CCCCCCCCCCCCCCCCCCC(=O)OCC(COC(=O)CCCCCCC/C=C\C/C=C\CCC)OC(=O)CCCCCCCCCCCCC/C=C\CCCCCCCCCC. The lowest BCUT2D eigenvalue weighted by Gasteiger charge is -2.18. The number of unbranched alkanes of at least 4 members (excludes halogenated alkanes) is 41. The summed E-state index contributed by atoms with van der Waals surface area (Å²) in [5, 5.41) is 0. The van der Waals surface area contributed by atoms with Crippen molar-refractivity contribution in [3.63, 3.8) is 0 Å².